The molecule has 0 spiro atoms. The van der Waals surface area contributed by atoms with Crippen LogP contribution < -0.4 is 5.73 Å². The van der Waals surface area contributed by atoms with Crippen LogP contribution in [0.2, 0.25) is 0 Å². The molecule has 0 aromatic carbocycles. The monoisotopic (exact) mass is 279 g/mol. The summed E-state index contributed by atoms with van der Waals surface area (Å²) in [4.78, 5) is 11.8. The first-order chi connectivity index (χ1) is 9.24. The van der Waals surface area contributed by atoms with Gasteiger partial charge in [0, 0.05) is 6.54 Å². The zero-order valence-electron chi connectivity index (χ0n) is 10.9. The molecule has 1 saturated heterocycles. The van der Waals surface area contributed by atoms with Crippen LogP contribution in [0.3, 0.4) is 0 Å². The van der Waals surface area contributed by atoms with Crippen LogP contribution in [0, 0.1) is 6.92 Å². The van der Waals surface area contributed by atoms with E-state index >= 15 is 0 Å². The predicted molar refractivity (Wildman–Crippen MR) is 72.7 cm³/mol. The van der Waals surface area contributed by atoms with Crippen molar-refractivity contribution in [3.05, 3.63) is 17.0 Å². The molecule has 3 heterocycles. The number of nitrogens with two attached hydrogens (primary N) is 1. The number of thiazole rings is 1. The summed E-state index contributed by atoms with van der Waals surface area (Å²) in [7, 11) is 0. The highest BCUT2D eigenvalue weighted by Crippen LogP contribution is 2.26. The van der Waals surface area contributed by atoms with E-state index in [4.69, 9.17) is 10.3 Å². The molecule has 0 amide bonds. The lowest BCUT2D eigenvalue weighted by atomic mass is 10.3. The fourth-order valence-corrected chi connectivity index (χ4v) is 3.03. The molecule has 0 saturated carbocycles. The van der Waals surface area contributed by atoms with Crippen molar-refractivity contribution in [3.63, 3.8) is 0 Å². The van der Waals surface area contributed by atoms with Crippen molar-refractivity contribution < 1.29 is 4.52 Å². The molecule has 2 aromatic heterocycles. The highest BCUT2D eigenvalue weighted by molar-refractivity contribution is 7.13. The maximum Gasteiger partial charge on any atom is 0.269 e. The molecular weight excluding hydrogens is 262 g/mol. The molecule has 1 aliphatic rings. The summed E-state index contributed by atoms with van der Waals surface area (Å²) in [5.41, 5.74) is 8.83. The quantitative estimate of drug-likeness (QED) is 0.915. The number of nitrogens with zero attached hydrogens (tertiary/aromatic N) is 4. The summed E-state index contributed by atoms with van der Waals surface area (Å²) in [6.07, 6.45) is 2.51. The highest BCUT2D eigenvalue weighted by Gasteiger charge is 2.21. The standard InChI is InChI=1S/C12H17N5OS/c1-8-10(19-7-14-8)12-15-11(16-18-12)9(13)6-17-4-2-3-5-17/h7,9H,2-6,13H2,1H3. The Balaban J connectivity index is 1.72. The maximum absolute atomic E-state index is 6.14. The van der Waals surface area contributed by atoms with Gasteiger partial charge in [0.05, 0.1) is 17.2 Å². The van der Waals surface area contributed by atoms with Crippen LogP contribution in [0.15, 0.2) is 10.0 Å². The summed E-state index contributed by atoms with van der Waals surface area (Å²) >= 11 is 1.50. The molecule has 0 bridgehead atoms. The van der Waals surface area contributed by atoms with Gasteiger partial charge in [-0.15, -0.1) is 11.3 Å². The number of aryl methyl sites for hydroxylation is 1. The summed E-state index contributed by atoms with van der Waals surface area (Å²) in [6, 6.07) is -0.191. The van der Waals surface area contributed by atoms with Gasteiger partial charge in [-0.05, 0) is 32.9 Å². The molecule has 1 aliphatic heterocycles. The van der Waals surface area contributed by atoms with Gasteiger partial charge in [0.25, 0.3) is 5.89 Å². The van der Waals surface area contributed by atoms with Crippen LogP contribution >= 0.6 is 11.3 Å². The van der Waals surface area contributed by atoms with E-state index in [0.717, 1.165) is 30.2 Å². The summed E-state index contributed by atoms with van der Waals surface area (Å²) in [6.45, 7) is 4.96. The molecule has 3 rings (SSSR count). The smallest absolute Gasteiger partial charge is 0.269 e. The lowest BCUT2D eigenvalue weighted by Crippen LogP contribution is -2.30. The van der Waals surface area contributed by atoms with Gasteiger partial charge in [-0.25, -0.2) is 4.98 Å². The minimum absolute atomic E-state index is 0.191. The van der Waals surface area contributed by atoms with Gasteiger partial charge in [-0.2, -0.15) is 4.98 Å². The summed E-state index contributed by atoms with van der Waals surface area (Å²) in [5.74, 6) is 1.10. The first-order valence-corrected chi connectivity index (χ1v) is 7.34. The molecule has 7 heteroatoms. The first kappa shape index (κ1) is 12.7. The van der Waals surface area contributed by atoms with Gasteiger partial charge in [0.2, 0.25) is 0 Å². The number of likely N-dealkylation sites (tertiary alicyclic amines) is 1. The SMILES string of the molecule is Cc1ncsc1-c1nc(C(N)CN2CCCC2)no1. The number of hydrogen-bond donors (Lipinski definition) is 1. The van der Waals surface area contributed by atoms with E-state index in [1.165, 1.54) is 24.2 Å². The Kier molecular flexibility index (Phi) is 3.58. The zero-order valence-corrected chi connectivity index (χ0v) is 11.7. The topological polar surface area (TPSA) is 81.1 Å². The zero-order chi connectivity index (χ0) is 13.2. The maximum atomic E-state index is 6.14. The second-order valence-corrected chi connectivity index (χ2v) is 5.69. The van der Waals surface area contributed by atoms with Gasteiger partial charge < -0.3 is 15.2 Å². The van der Waals surface area contributed by atoms with E-state index in [9.17, 15) is 0 Å². The molecule has 1 unspecified atom stereocenters. The third-order valence-electron chi connectivity index (χ3n) is 3.37. The van der Waals surface area contributed by atoms with E-state index in [2.05, 4.69) is 20.0 Å². The Hall–Kier alpha value is -1.31. The molecular formula is C12H17N5OS. The molecule has 2 N–H and O–H groups in total. The van der Waals surface area contributed by atoms with Crippen LogP contribution in [0.4, 0.5) is 0 Å². The molecule has 1 fully saturated rings. The molecule has 6 nitrogen and oxygen atoms in total. The molecule has 1 atom stereocenters. The Morgan fingerprint density at radius 3 is 2.95 bits per heavy atom. The van der Waals surface area contributed by atoms with Gasteiger partial charge in [0.15, 0.2) is 5.82 Å². The number of hydrogen-bond acceptors (Lipinski definition) is 7. The van der Waals surface area contributed by atoms with Crippen LogP contribution in [0.25, 0.3) is 10.8 Å². The van der Waals surface area contributed by atoms with E-state index in [1.54, 1.807) is 5.51 Å². The van der Waals surface area contributed by atoms with Crippen LogP contribution in [0.5, 0.6) is 0 Å². The fourth-order valence-electron chi connectivity index (χ4n) is 2.31. The minimum Gasteiger partial charge on any atom is -0.333 e. The van der Waals surface area contributed by atoms with Crippen molar-refractivity contribution in [2.24, 2.45) is 5.73 Å². The summed E-state index contributed by atoms with van der Waals surface area (Å²) < 4.78 is 5.29. The van der Waals surface area contributed by atoms with Crippen LogP contribution in [-0.4, -0.2) is 39.7 Å². The molecule has 0 aliphatic carbocycles. The largest absolute Gasteiger partial charge is 0.333 e. The van der Waals surface area contributed by atoms with Crippen molar-refractivity contribution >= 4 is 11.3 Å². The van der Waals surface area contributed by atoms with Crippen molar-refractivity contribution in [2.75, 3.05) is 19.6 Å². The van der Waals surface area contributed by atoms with Crippen molar-refractivity contribution in [2.45, 2.75) is 25.8 Å². The third-order valence-corrected chi connectivity index (χ3v) is 4.28. The Morgan fingerprint density at radius 2 is 2.26 bits per heavy atom. The number of aromatic nitrogens is 3. The van der Waals surface area contributed by atoms with E-state index in [0.29, 0.717) is 11.7 Å². The Bertz CT molecular complexity index is 546. The second-order valence-electron chi connectivity index (χ2n) is 4.84. The first-order valence-electron chi connectivity index (χ1n) is 6.46. The van der Waals surface area contributed by atoms with Gasteiger partial charge >= 0.3 is 0 Å². The average Bonchev–Trinajstić information content (AvgIpc) is 3.08. The van der Waals surface area contributed by atoms with Gasteiger partial charge in [0.1, 0.15) is 4.88 Å². The third kappa shape index (κ3) is 2.68. The fraction of sp³-hybridized carbons (Fsp3) is 0.583. The Morgan fingerprint density at radius 1 is 1.47 bits per heavy atom. The number of rotatable bonds is 4. The van der Waals surface area contributed by atoms with Crippen LogP contribution in [0.1, 0.15) is 30.4 Å². The second kappa shape index (κ2) is 5.36. The summed E-state index contributed by atoms with van der Waals surface area (Å²) in [5, 5.41) is 4.00. The van der Waals surface area contributed by atoms with Crippen molar-refractivity contribution in [1.29, 1.82) is 0 Å². The van der Waals surface area contributed by atoms with E-state index in [-0.39, 0.29) is 6.04 Å². The van der Waals surface area contributed by atoms with Gasteiger partial charge in [-0.3, -0.25) is 0 Å². The Labute approximate surface area is 115 Å². The molecule has 0 radical (unpaired) electrons. The lowest BCUT2D eigenvalue weighted by Gasteiger charge is -2.17. The lowest BCUT2D eigenvalue weighted by molar-refractivity contribution is 0.306. The van der Waals surface area contributed by atoms with E-state index < -0.39 is 0 Å². The van der Waals surface area contributed by atoms with Crippen LogP contribution in [-0.2, 0) is 0 Å². The van der Waals surface area contributed by atoms with Gasteiger partial charge in [-0.1, -0.05) is 5.16 Å². The molecule has 102 valence electrons. The molecule has 19 heavy (non-hydrogen) atoms. The van der Waals surface area contributed by atoms with E-state index in [1.807, 2.05) is 6.92 Å². The van der Waals surface area contributed by atoms with Crippen molar-refractivity contribution in [3.8, 4) is 10.8 Å². The predicted octanol–water partition coefficient (Wildman–Crippen LogP) is 1.60. The minimum atomic E-state index is -0.191. The molecule has 2 aromatic rings. The highest BCUT2D eigenvalue weighted by atomic mass is 32.1. The average molecular weight is 279 g/mol. The van der Waals surface area contributed by atoms with Crippen molar-refractivity contribution in [1.82, 2.24) is 20.0 Å². The normalized spacial score (nSPS) is 18.0.